The summed E-state index contributed by atoms with van der Waals surface area (Å²) in [4.78, 5) is 25.6. The second-order valence-electron chi connectivity index (χ2n) is 6.12. The van der Waals surface area contributed by atoms with Gasteiger partial charge in [-0.15, -0.1) is 0 Å². The Morgan fingerprint density at radius 2 is 2.04 bits per heavy atom. The zero-order valence-corrected chi connectivity index (χ0v) is 16.1. The van der Waals surface area contributed by atoms with Crippen LogP contribution >= 0.6 is 11.8 Å². The third kappa shape index (κ3) is 6.76. The van der Waals surface area contributed by atoms with Gasteiger partial charge < -0.3 is 26.0 Å². The van der Waals surface area contributed by atoms with Crippen LogP contribution < -0.4 is 16.4 Å². The Bertz CT molecular complexity index is 606. The van der Waals surface area contributed by atoms with Gasteiger partial charge in [0.1, 0.15) is 0 Å². The van der Waals surface area contributed by atoms with Crippen LogP contribution in [-0.2, 0) is 9.53 Å². The lowest BCUT2D eigenvalue weighted by atomic mass is 10.1. The molecule has 1 fully saturated rings. The summed E-state index contributed by atoms with van der Waals surface area (Å²) in [7, 11) is 1.32. The number of carbonyl (C=O) groups is 2. The van der Waals surface area contributed by atoms with Crippen molar-refractivity contribution in [2.45, 2.75) is 12.8 Å². The van der Waals surface area contributed by atoms with Gasteiger partial charge in [0, 0.05) is 43.2 Å². The van der Waals surface area contributed by atoms with Gasteiger partial charge in [0.2, 0.25) is 0 Å². The zero-order chi connectivity index (χ0) is 18.8. The minimum Gasteiger partial charge on any atom is -0.469 e. The molecule has 1 aliphatic rings. The van der Waals surface area contributed by atoms with Crippen molar-refractivity contribution in [1.29, 1.82) is 0 Å². The van der Waals surface area contributed by atoms with E-state index in [0.29, 0.717) is 11.3 Å². The van der Waals surface area contributed by atoms with Crippen LogP contribution in [0.4, 0.5) is 11.4 Å². The summed E-state index contributed by atoms with van der Waals surface area (Å²) in [5.74, 6) is 1.84. The molecule has 1 amide bonds. The van der Waals surface area contributed by atoms with E-state index in [1.54, 1.807) is 12.1 Å². The van der Waals surface area contributed by atoms with Crippen molar-refractivity contribution in [3.05, 3.63) is 23.8 Å². The molecule has 0 saturated carbocycles. The molecule has 0 bridgehead atoms. The van der Waals surface area contributed by atoms with E-state index < -0.39 is 0 Å². The predicted molar refractivity (Wildman–Crippen MR) is 107 cm³/mol. The fraction of sp³-hybridized carbons (Fsp3) is 0.556. The van der Waals surface area contributed by atoms with Gasteiger partial charge in [-0.3, -0.25) is 9.59 Å². The summed E-state index contributed by atoms with van der Waals surface area (Å²) < 4.78 is 4.54. The highest BCUT2D eigenvalue weighted by atomic mass is 32.2. The third-order valence-electron chi connectivity index (χ3n) is 4.23. The van der Waals surface area contributed by atoms with Crippen molar-refractivity contribution in [2.75, 3.05) is 62.4 Å². The maximum Gasteiger partial charge on any atom is 0.307 e. The average molecular weight is 381 g/mol. The number of methoxy groups -OCH3 is 1. The molecule has 1 aromatic rings. The van der Waals surface area contributed by atoms with Crippen LogP contribution in [-0.4, -0.2) is 68.1 Å². The molecule has 0 radical (unpaired) electrons. The molecule has 0 atom stereocenters. The van der Waals surface area contributed by atoms with Crippen molar-refractivity contribution in [3.8, 4) is 0 Å². The SMILES string of the molecule is COC(=O)CCNC(=O)c1ccc(NCCCN2CCSCC2)c(N)c1. The largest absolute Gasteiger partial charge is 0.469 e. The first-order chi connectivity index (χ1) is 12.6. The number of nitrogens with zero attached hydrogens (tertiary/aromatic N) is 1. The topological polar surface area (TPSA) is 96.7 Å². The van der Waals surface area contributed by atoms with E-state index in [4.69, 9.17) is 5.73 Å². The maximum absolute atomic E-state index is 12.1. The Morgan fingerprint density at radius 1 is 1.27 bits per heavy atom. The Labute approximate surface area is 159 Å². The number of hydrogen-bond acceptors (Lipinski definition) is 7. The summed E-state index contributed by atoms with van der Waals surface area (Å²) in [5.41, 5.74) is 7.91. The summed E-state index contributed by atoms with van der Waals surface area (Å²) in [6.07, 6.45) is 1.20. The molecule has 0 spiro atoms. The number of nitrogen functional groups attached to an aromatic ring is 1. The fourth-order valence-corrected chi connectivity index (χ4v) is 3.68. The van der Waals surface area contributed by atoms with Crippen LogP contribution in [0.5, 0.6) is 0 Å². The van der Waals surface area contributed by atoms with Crippen molar-refractivity contribution in [1.82, 2.24) is 10.2 Å². The van der Waals surface area contributed by atoms with Gasteiger partial charge in [0.15, 0.2) is 0 Å². The minimum absolute atomic E-state index is 0.146. The van der Waals surface area contributed by atoms with Crippen LogP contribution in [0.2, 0.25) is 0 Å². The molecule has 0 aliphatic carbocycles. The molecule has 0 unspecified atom stereocenters. The Balaban J connectivity index is 1.73. The van der Waals surface area contributed by atoms with Gasteiger partial charge in [0.05, 0.1) is 24.9 Å². The van der Waals surface area contributed by atoms with Gasteiger partial charge >= 0.3 is 5.97 Å². The van der Waals surface area contributed by atoms with E-state index in [1.165, 1.54) is 31.7 Å². The number of benzene rings is 1. The third-order valence-corrected chi connectivity index (χ3v) is 5.17. The molecule has 1 aliphatic heterocycles. The Kier molecular flexibility index (Phi) is 8.57. The molecular formula is C18H28N4O3S. The Morgan fingerprint density at radius 3 is 2.73 bits per heavy atom. The minimum atomic E-state index is -0.354. The predicted octanol–water partition coefficient (Wildman–Crippen LogP) is 1.41. The van der Waals surface area contributed by atoms with E-state index in [2.05, 4.69) is 20.3 Å². The first kappa shape index (κ1) is 20.4. The highest BCUT2D eigenvalue weighted by molar-refractivity contribution is 7.99. The van der Waals surface area contributed by atoms with Crippen molar-refractivity contribution in [2.24, 2.45) is 0 Å². The molecule has 1 aromatic carbocycles. The second kappa shape index (κ2) is 10.9. The first-order valence-corrected chi connectivity index (χ1v) is 10.0. The number of rotatable bonds is 9. The monoisotopic (exact) mass is 380 g/mol. The number of amides is 1. The maximum atomic E-state index is 12.1. The van der Waals surface area contributed by atoms with Crippen LogP contribution in [0.25, 0.3) is 0 Å². The molecule has 26 heavy (non-hydrogen) atoms. The highest BCUT2D eigenvalue weighted by Crippen LogP contribution is 2.20. The molecular weight excluding hydrogens is 352 g/mol. The molecule has 1 heterocycles. The zero-order valence-electron chi connectivity index (χ0n) is 15.3. The van der Waals surface area contributed by atoms with Gasteiger partial charge in [-0.1, -0.05) is 0 Å². The average Bonchev–Trinajstić information content (AvgIpc) is 2.66. The summed E-state index contributed by atoms with van der Waals surface area (Å²) >= 11 is 2.02. The number of nitrogens with two attached hydrogens (primary N) is 1. The molecule has 2 rings (SSSR count). The smallest absolute Gasteiger partial charge is 0.307 e. The molecule has 144 valence electrons. The van der Waals surface area contributed by atoms with Gasteiger partial charge in [0.25, 0.3) is 5.91 Å². The standard InChI is InChI=1S/C18H28N4O3S/c1-25-17(23)5-7-21-18(24)14-3-4-16(15(19)13-14)20-6-2-8-22-9-11-26-12-10-22/h3-4,13,20H,2,5-12,19H2,1H3,(H,21,24). The number of carbonyl (C=O) groups excluding carboxylic acids is 2. The second-order valence-corrected chi connectivity index (χ2v) is 7.34. The van der Waals surface area contributed by atoms with Crippen molar-refractivity contribution < 1.29 is 14.3 Å². The molecule has 1 saturated heterocycles. The molecule has 4 N–H and O–H groups in total. The number of esters is 1. The number of anilines is 2. The highest BCUT2D eigenvalue weighted by Gasteiger charge is 2.11. The lowest BCUT2D eigenvalue weighted by Gasteiger charge is -2.26. The molecule has 7 nitrogen and oxygen atoms in total. The number of hydrogen-bond donors (Lipinski definition) is 3. The van der Waals surface area contributed by atoms with E-state index >= 15 is 0 Å². The van der Waals surface area contributed by atoms with Crippen molar-refractivity contribution >= 4 is 35.0 Å². The normalized spacial score (nSPS) is 14.7. The number of nitrogens with one attached hydrogen (secondary N) is 2. The summed E-state index contributed by atoms with van der Waals surface area (Å²) in [6, 6.07) is 5.20. The Hall–Kier alpha value is -1.93. The van der Waals surface area contributed by atoms with Gasteiger partial charge in [-0.2, -0.15) is 11.8 Å². The first-order valence-electron chi connectivity index (χ1n) is 8.88. The fourth-order valence-electron chi connectivity index (χ4n) is 2.70. The lowest BCUT2D eigenvalue weighted by molar-refractivity contribution is -0.140. The number of ether oxygens (including phenoxy) is 1. The van der Waals surface area contributed by atoms with E-state index in [1.807, 2.05) is 17.8 Å². The van der Waals surface area contributed by atoms with Crippen LogP contribution in [0.3, 0.4) is 0 Å². The van der Waals surface area contributed by atoms with Gasteiger partial charge in [-0.05, 0) is 31.2 Å². The van der Waals surface area contributed by atoms with Crippen molar-refractivity contribution in [3.63, 3.8) is 0 Å². The van der Waals surface area contributed by atoms with Gasteiger partial charge in [-0.25, -0.2) is 0 Å². The van der Waals surface area contributed by atoms with Crippen LogP contribution in [0.15, 0.2) is 18.2 Å². The van der Waals surface area contributed by atoms with Crippen LogP contribution in [0, 0.1) is 0 Å². The quantitative estimate of drug-likeness (QED) is 0.339. The van der Waals surface area contributed by atoms with E-state index in [0.717, 1.165) is 25.2 Å². The van der Waals surface area contributed by atoms with Crippen LogP contribution in [0.1, 0.15) is 23.2 Å². The molecule has 0 aromatic heterocycles. The number of thioether (sulfide) groups is 1. The molecule has 8 heteroatoms. The van der Waals surface area contributed by atoms with E-state index in [-0.39, 0.29) is 24.8 Å². The summed E-state index contributed by atoms with van der Waals surface area (Å²) in [5, 5.41) is 6.01. The van der Waals surface area contributed by atoms with E-state index in [9.17, 15) is 9.59 Å². The summed E-state index contributed by atoms with van der Waals surface area (Å²) in [6.45, 7) is 4.52. The lowest BCUT2D eigenvalue weighted by Crippen LogP contribution is -2.34.